The first-order chi connectivity index (χ1) is 9.70. The van der Waals surface area contributed by atoms with Crippen LogP contribution in [0.2, 0.25) is 0 Å². The molecule has 21 heavy (non-hydrogen) atoms. The molecule has 0 rings (SSSR count). The Bertz CT molecular complexity index is 370. The van der Waals surface area contributed by atoms with Gasteiger partial charge in [0.2, 0.25) is 5.91 Å². The third-order valence-electron chi connectivity index (χ3n) is 2.70. The summed E-state index contributed by atoms with van der Waals surface area (Å²) in [6.45, 7) is 3.81. The van der Waals surface area contributed by atoms with Gasteiger partial charge in [-0.25, -0.2) is 4.79 Å². The van der Waals surface area contributed by atoms with E-state index >= 15 is 0 Å². The summed E-state index contributed by atoms with van der Waals surface area (Å²) in [7, 11) is 3.00. The van der Waals surface area contributed by atoms with E-state index in [2.05, 4.69) is 10.6 Å². The molecule has 1 unspecified atom stereocenters. The number of urea groups is 1. The standard InChI is InChI=1S/C13H24N2O6/c1-13(2,6-11(17)18)5-10(16)15-12(19)14-7-9(21-4)8-20-3/h9H,5-8H2,1-4H3,(H,17,18)(H2,14,15,16,19). The van der Waals surface area contributed by atoms with Crippen molar-refractivity contribution in [3.8, 4) is 0 Å². The molecule has 0 spiro atoms. The lowest BCUT2D eigenvalue weighted by atomic mass is 9.85. The van der Waals surface area contributed by atoms with Crippen molar-refractivity contribution in [1.82, 2.24) is 10.6 Å². The highest BCUT2D eigenvalue weighted by Crippen LogP contribution is 2.24. The van der Waals surface area contributed by atoms with Crippen molar-refractivity contribution in [2.24, 2.45) is 5.41 Å². The molecular weight excluding hydrogens is 280 g/mol. The van der Waals surface area contributed by atoms with Gasteiger partial charge < -0.3 is 19.9 Å². The third-order valence-corrected chi connectivity index (χ3v) is 2.70. The van der Waals surface area contributed by atoms with Crippen LogP contribution in [0.15, 0.2) is 0 Å². The topological polar surface area (TPSA) is 114 Å². The zero-order valence-corrected chi connectivity index (χ0v) is 12.9. The lowest BCUT2D eigenvalue weighted by molar-refractivity contribution is -0.139. The molecule has 0 aliphatic heterocycles. The average molecular weight is 304 g/mol. The van der Waals surface area contributed by atoms with Crippen LogP contribution in [0, 0.1) is 5.41 Å². The maximum Gasteiger partial charge on any atom is 0.321 e. The Hall–Kier alpha value is -1.67. The fourth-order valence-corrected chi connectivity index (χ4v) is 1.72. The Morgan fingerprint density at radius 2 is 1.81 bits per heavy atom. The van der Waals surface area contributed by atoms with Gasteiger partial charge in [-0.2, -0.15) is 0 Å². The SMILES string of the molecule is COCC(CNC(=O)NC(=O)CC(C)(C)CC(=O)O)OC. The van der Waals surface area contributed by atoms with Crippen LogP contribution in [0.1, 0.15) is 26.7 Å². The number of amides is 3. The van der Waals surface area contributed by atoms with Gasteiger partial charge in [-0.05, 0) is 5.41 Å². The molecule has 0 aliphatic carbocycles. The van der Waals surface area contributed by atoms with Crippen LogP contribution in [0.4, 0.5) is 4.79 Å². The van der Waals surface area contributed by atoms with Gasteiger partial charge in [0, 0.05) is 27.2 Å². The zero-order valence-electron chi connectivity index (χ0n) is 12.9. The maximum absolute atomic E-state index is 11.7. The fraction of sp³-hybridized carbons (Fsp3) is 0.769. The molecule has 3 amide bonds. The molecule has 1 atom stereocenters. The number of hydrogen-bond acceptors (Lipinski definition) is 5. The normalized spacial score (nSPS) is 12.6. The quantitative estimate of drug-likeness (QED) is 0.567. The van der Waals surface area contributed by atoms with Crippen LogP contribution < -0.4 is 10.6 Å². The van der Waals surface area contributed by atoms with Crippen molar-refractivity contribution in [2.45, 2.75) is 32.8 Å². The molecule has 122 valence electrons. The maximum atomic E-state index is 11.7. The minimum atomic E-state index is -0.986. The number of aliphatic carboxylic acids is 1. The first-order valence-corrected chi connectivity index (χ1v) is 6.51. The van der Waals surface area contributed by atoms with Gasteiger partial charge in [-0.1, -0.05) is 13.8 Å². The van der Waals surface area contributed by atoms with E-state index in [1.165, 1.54) is 14.2 Å². The molecule has 3 N–H and O–H groups in total. The lowest BCUT2D eigenvalue weighted by Gasteiger charge is -2.21. The Kier molecular flexibility index (Phi) is 8.56. The lowest BCUT2D eigenvalue weighted by Crippen LogP contribution is -2.44. The number of hydrogen-bond donors (Lipinski definition) is 3. The van der Waals surface area contributed by atoms with Gasteiger partial charge in [0.05, 0.1) is 19.1 Å². The first-order valence-electron chi connectivity index (χ1n) is 6.51. The van der Waals surface area contributed by atoms with Gasteiger partial charge in [-0.3, -0.25) is 14.9 Å². The molecule has 0 aromatic carbocycles. The van der Waals surface area contributed by atoms with Crippen molar-refractivity contribution in [2.75, 3.05) is 27.4 Å². The summed E-state index contributed by atoms with van der Waals surface area (Å²) in [4.78, 5) is 33.9. The number of carbonyl (C=O) groups excluding carboxylic acids is 2. The summed E-state index contributed by atoms with van der Waals surface area (Å²) in [5.41, 5.74) is -0.721. The summed E-state index contributed by atoms with van der Waals surface area (Å²) in [5, 5.41) is 13.4. The Labute approximate surface area is 124 Å². The van der Waals surface area contributed by atoms with E-state index in [1.807, 2.05) is 0 Å². The highest BCUT2D eigenvalue weighted by atomic mass is 16.5. The zero-order chi connectivity index (χ0) is 16.5. The second kappa shape index (κ2) is 9.30. The van der Waals surface area contributed by atoms with Crippen LogP contribution in [0.3, 0.4) is 0 Å². The number of carboxylic acids is 1. The largest absolute Gasteiger partial charge is 0.481 e. The van der Waals surface area contributed by atoms with Crippen molar-refractivity contribution in [1.29, 1.82) is 0 Å². The fourth-order valence-electron chi connectivity index (χ4n) is 1.72. The van der Waals surface area contributed by atoms with Crippen LogP contribution >= 0.6 is 0 Å². The Morgan fingerprint density at radius 1 is 1.19 bits per heavy atom. The molecule has 0 fully saturated rings. The van der Waals surface area contributed by atoms with Gasteiger partial charge in [-0.15, -0.1) is 0 Å². The predicted octanol–water partition coefficient (Wildman–Crippen LogP) is 0.365. The van der Waals surface area contributed by atoms with Crippen LogP contribution in [0.5, 0.6) is 0 Å². The van der Waals surface area contributed by atoms with E-state index in [0.29, 0.717) is 6.61 Å². The molecular formula is C13H24N2O6. The molecule has 8 heteroatoms. The molecule has 0 aromatic heterocycles. The molecule has 0 aromatic rings. The van der Waals surface area contributed by atoms with Gasteiger partial charge in [0.1, 0.15) is 0 Å². The van der Waals surface area contributed by atoms with Crippen LogP contribution in [-0.2, 0) is 19.1 Å². The van der Waals surface area contributed by atoms with E-state index in [0.717, 1.165) is 0 Å². The number of rotatable bonds is 9. The van der Waals surface area contributed by atoms with Crippen molar-refractivity contribution < 1.29 is 29.0 Å². The van der Waals surface area contributed by atoms with E-state index in [4.69, 9.17) is 14.6 Å². The van der Waals surface area contributed by atoms with E-state index < -0.39 is 23.3 Å². The number of carboxylic acid groups (broad SMARTS) is 1. The summed E-state index contributed by atoms with van der Waals surface area (Å²) in [5.74, 6) is -1.51. The summed E-state index contributed by atoms with van der Waals surface area (Å²) in [6.07, 6.45) is -0.514. The molecule has 0 radical (unpaired) electrons. The number of ether oxygens (including phenoxy) is 2. The number of imide groups is 1. The van der Waals surface area contributed by atoms with Gasteiger partial charge in [0.25, 0.3) is 0 Å². The summed E-state index contributed by atoms with van der Waals surface area (Å²) in [6, 6.07) is -0.649. The smallest absolute Gasteiger partial charge is 0.321 e. The number of nitrogens with one attached hydrogen (secondary N) is 2. The molecule has 0 saturated heterocycles. The van der Waals surface area contributed by atoms with Crippen molar-refractivity contribution in [3.63, 3.8) is 0 Å². The predicted molar refractivity (Wildman–Crippen MR) is 74.9 cm³/mol. The molecule has 0 aliphatic rings. The molecule has 8 nitrogen and oxygen atoms in total. The van der Waals surface area contributed by atoms with Crippen molar-refractivity contribution >= 4 is 17.9 Å². The second-order valence-electron chi connectivity index (χ2n) is 5.48. The number of methoxy groups -OCH3 is 2. The Morgan fingerprint density at radius 3 is 2.29 bits per heavy atom. The second-order valence-corrected chi connectivity index (χ2v) is 5.48. The van der Waals surface area contributed by atoms with Gasteiger partial charge >= 0.3 is 12.0 Å². The summed E-state index contributed by atoms with van der Waals surface area (Å²) < 4.78 is 9.94. The average Bonchev–Trinajstić information content (AvgIpc) is 2.31. The molecule has 0 saturated carbocycles. The third kappa shape index (κ3) is 9.80. The molecule has 0 bridgehead atoms. The first kappa shape index (κ1) is 19.3. The van der Waals surface area contributed by atoms with Crippen molar-refractivity contribution in [3.05, 3.63) is 0 Å². The van der Waals surface area contributed by atoms with Gasteiger partial charge in [0.15, 0.2) is 0 Å². The number of carbonyl (C=O) groups is 3. The van der Waals surface area contributed by atoms with E-state index in [-0.39, 0.29) is 25.5 Å². The Balaban J connectivity index is 4.15. The summed E-state index contributed by atoms with van der Waals surface area (Å²) >= 11 is 0. The van der Waals surface area contributed by atoms with E-state index in [9.17, 15) is 14.4 Å². The minimum Gasteiger partial charge on any atom is -0.481 e. The minimum absolute atomic E-state index is 0.0570. The van der Waals surface area contributed by atoms with Crippen LogP contribution in [-0.4, -0.2) is 56.5 Å². The molecule has 0 heterocycles. The highest BCUT2D eigenvalue weighted by molar-refractivity contribution is 5.94. The van der Waals surface area contributed by atoms with E-state index in [1.54, 1.807) is 13.8 Å². The van der Waals surface area contributed by atoms with Crippen LogP contribution in [0.25, 0.3) is 0 Å². The monoisotopic (exact) mass is 304 g/mol. The highest BCUT2D eigenvalue weighted by Gasteiger charge is 2.26.